The van der Waals surface area contributed by atoms with Crippen LogP contribution in [-0.4, -0.2) is 69.7 Å². The van der Waals surface area contributed by atoms with Crippen molar-refractivity contribution in [3.8, 4) is 5.75 Å². The fourth-order valence-electron chi connectivity index (χ4n) is 3.89. The van der Waals surface area contributed by atoms with Crippen molar-refractivity contribution in [1.82, 2.24) is 15.3 Å². The Kier molecular flexibility index (Phi) is 12.2. The molecule has 11 heteroatoms. The van der Waals surface area contributed by atoms with Gasteiger partial charge in [-0.15, -0.1) is 0 Å². The van der Waals surface area contributed by atoms with Crippen molar-refractivity contribution in [1.29, 1.82) is 0 Å². The van der Waals surface area contributed by atoms with Crippen LogP contribution in [-0.2, 0) is 11.3 Å². The molecule has 3 aromatic carbocycles. The molecule has 0 aliphatic rings. The van der Waals surface area contributed by atoms with Crippen LogP contribution in [0.4, 0.5) is 11.6 Å². The summed E-state index contributed by atoms with van der Waals surface area (Å²) < 4.78 is 5.26. The number of ether oxygens (including phenoxy) is 1. The Morgan fingerprint density at radius 3 is 2.20 bits per heavy atom. The van der Waals surface area contributed by atoms with Gasteiger partial charge < -0.3 is 20.1 Å². The number of carboxylic acid groups (broad SMARTS) is 1. The molecule has 1 aromatic heterocycles. The van der Waals surface area contributed by atoms with Crippen molar-refractivity contribution in [3.63, 3.8) is 0 Å². The zero-order valence-corrected chi connectivity index (χ0v) is 23.0. The Bertz CT molecular complexity index is 1470. The van der Waals surface area contributed by atoms with Gasteiger partial charge in [0.2, 0.25) is 5.95 Å². The summed E-state index contributed by atoms with van der Waals surface area (Å²) in [4.78, 5) is 35.2. The Morgan fingerprint density at radius 2 is 1.61 bits per heavy atom. The molecule has 41 heavy (non-hydrogen) atoms. The van der Waals surface area contributed by atoms with Gasteiger partial charge >= 0.3 is 35.5 Å². The van der Waals surface area contributed by atoms with E-state index in [9.17, 15) is 14.7 Å². The number of amides is 1. The number of benzene rings is 3. The van der Waals surface area contributed by atoms with E-state index < -0.39 is 17.9 Å². The maximum absolute atomic E-state index is 12.6. The van der Waals surface area contributed by atoms with Crippen molar-refractivity contribution in [2.45, 2.75) is 19.0 Å². The molecule has 0 saturated carbocycles. The Labute approximate surface area is 270 Å². The summed E-state index contributed by atoms with van der Waals surface area (Å²) in [6.07, 6.45) is 6.93. The van der Waals surface area contributed by atoms with E-state index in [-0.39, 0.29) is 51.6 Å². The molecule has 0 saturated heterocycles. The summed E-state index contributed by atoms with van der Waals surface area (Å²) in [5.74, 6) is -0.491. The summed E-state index contributed by atoms with van der Waals surface area (Å²) in [6, 6.07) is 20.7. The van der Waals surface area contributed by atoms with E-state index in [2.05, 4.69) is 15.3 Å². The van der Waals surface area contributed by atoms with Crippen LogP contribution in [0.1, 0.15) is 27.9 Å². The second kappa shape index (κ2) is 15.6. The van der Waals surface area contributed by atoms with Crippen LogP contribution in [0.3, 0.4) is 0 Å². The van der Waals surface area contributed by atoms with Crippen LogP contribution in [0, 0.1) is 0 Å². The summed E-state index contributed by atoms with van der Waals surface area (Å²) >= 11 is 12.2. The first-order valence-corrected chi connectivity index (χ1v) is 13.0. The number of hydrogen-bond acceptors (Lipinski definition) is 6. The van der Waals surface area contributed by atoms with Gasteiger partial charge in [0, 0.05) is 18.1 Å². The predicted molar refractivity (Wildman–Crippen MR) is 163 cm³/mol. The average molecular weight is 601 g/mol. The number of carbonyl (C=O) groups is 2. The summed E-state index contributed by atoms with van der Waals surface area (Å²) in [5.41, 5.74) is 2.83. The van der Waals surface area contributed by atoms with Gasteiger partial charge in [0.15, 0.2) is 0 Å². The monoisotopic (exact) mass is 600 g/mol. The van der Waals surface area contributed by atoms with Crippen LogP contribution in [0.2, 0.25) is 10.0 Å². The molecule has 4 rings (SSSR count). The third kappa shape index (κ3) is 8.79. The summed E-state index contributed by atoms with van der Waals surface area (Å²) in [7, 11) is 1.63. The first-order chi connectivity index (χ1) is 19.4. The molecule has 2 N–H and O–H groups in total. The SMILES string of the molecule is COc1ccc(CN(c2ccc(/C=C/CC(NC(=O)c3c(Cl)cccc3Cl)C(=O)O)cc2)c2ncccn2)cc1.[NaH]. The van der Waals surface area contributed by atoms with Gasteiger partial charge in [-0.3, -0.25) is 4.79 Å². The predicted octanol–water partition coefficient (Wildman–Crippen LogP) is 5.77. The number of carbonyl (C=O) groups excluding carboxylic acids is 1. The van der Waals surface area contributed by atoms with Gasteiger partial charge in [0.25, 0.3) is 5.91 Å². The van der Waals surface area contributed by atoms with Crippen LogP contribution in [0.25, 0.3) is 6.08 Å². The number of anilines is 2. The zero-order chi connectivity index (χ0) is 28.5. The number of carboxylic acids is 1. The zero-order valence-electron chi connectivity index (χ0n) is 21.5. The molecule has 0 fully saturated rings. The van der Waals surface area contributed by atoms with E-state index in [0.717, 1.165) is 22.6 Å². The standard InChI is InChI=1S/C30H26Cl2N4O4.Na.H/c1-40-23-15-11-21(12-16-23)19-36(30-33-17-4-18-34-30)22-13-9-20(10-14-22)5-2-8-26(29(38)39)35-28(37)27-24(31)6-3-7-25(27)32;;/h2-7,9-18,26H,8,19H2,1H3,(H,35,37)(H,38,39);;/b5-2+;;. The first-order valence-electron chi connectivity index (χ1n) is 12.3. The molecule has 0 aliphatic heterocycles. The number of nitrogens with one attached hydrogen (secondary N) is 1. The second-order valence-corrected chi connectivity index (χ2v) is 9.49. The molecule has 4 aromatic rings. The second-order valence-electron chi connectivity index (χ2n) is 8.67. The topological polar surface area (TPSA) is 105 Å². The van der Waals surface area contributed by atoms with Gasteiger partial charge in [0.1, 0.15) is 11.8 Å². The molecule has 1 heterocycles. The van der Waals surface area contributed by atoms with E-state index in [0.29, 0.717) is 12.5 Å². The molecule has 1 unspecified atom stereocenters. The first kappa shape index (κ1) is 32.1. The van der Waals surface area contributed by atoms with Gasteiger partial charge in [-0.2, -0.15) is 0 Å². The van der Waals surface area contributed by atoms with Gasteiger partial charge in [-0.25, -0.2) is 14.8 Å². The fraction of sp³-hybridized carbons (Fsp3) is 0.133. The van der Waals surface area contributed by atoms with Gasteiger partial charge in [-0.1, -0.05) is 65.7 Å². The van der Waals surface area contributed by atoms with Crippen LogP contribution in [0.5, 0.6) is 5.75 Å². The van der Waals surface area contributed by atoms with E-state index in [1.54, 1.807) is 43.8 Å². The number of hydrogen-bond donors (Lipinski definition) is 2. The van der Waals surface area contributed by atoms with Crippen LogP contribution in [0.15, 0.2) is 91.3 Å². The Morgan fingerprint density at radius 1 is 0.976 bits per heavy atom. The van der Waals surface area contributed by atoms with Crippen molar-refractivity contribution in [2.75, 3.05) is 12.0 Å². The van der Waals surface area contributed by atoms with E-state index in [1.165, 1.54) is 12.1 Å². The van der Waals surface area contributed by atoms with Gasteiger partial charge in [-0.05, 0) is 60.0 Å². The molecule has 1 atom stereocenters. The number of nitrogens with zero attached hydrogens (tertiary/aromatic N) is 3. The number of halogens is 2. The van der Waals surface area contributed by atoms with Crippen LogP contribution < -0.4 is 15.0 Å². The molecule has 0 aliphatic carbocycles. The Hall–Kier alpha value is -3.40. The third-order valence-corrected chi connectivity index (χ3v) is 6.60. The van der Waals surface area contributed by atoms with E-state index >= 15 is 0 Å². The molecule has 0 spiro atoms. The number of rotatable bonds is 11. The Balaban J connectivity index is 0.00000462. The molecule has 206 valence electrons. The minimum atomic E-state index is -1.17. The molecule has 8 nitrogen and oxygen atoms in total. The quantitative estimate of drug-likeness (QED) is 0.211. The van der Waals surface area contributed by atoms with Gasteiger partial charge in [0.05, 0.1) is 29.3 Å². The van der Waals surface area contributed by atoms with Crippen LogP contribution >= 0.6 is 23.2 Å². The molecule has 0 radical (unpaired) electrons. The third-order valence-electron chi connectivity index (χ3n) is 5.97. The average Bonchev–Trinajstić information content (AvgIpc) is 2.96. The summed E-state index contributed by atoms with van der Waals surface area (Å²) in [5, 5.41) is 12.4. The van der Waals surface area contributed by atoms with E-state index in [4.69, 9.17) is 27.9 Å². The number of aromatic nitrogens is 2. The fourth-order valence-corrected chi connectivity index (χ4v) is 4.46. The minimum absolute atomic E-state index is 0. The van der Waals surface area contributed by atoms with E-state index in [1.807, 2.05) is 53.4 Å². The molecule has 0 bridgehead atoms. The summed E-state index contributed by atoms with van der Waals surface area (Å²) in [6.45, 7) is 0.540. The molecular weight excluding hydrogens is 574 g/mol. The normalized spacial score (nSPS) is 11.4. The molecular formula is C30H27Cl2N4NaO4. The molecule has 1 amide bonds. The van der Waals surface area contributed by atoms with Crippen molar-refractivity contribution < 1.29 is 19.4 Å². The van der Waals surface area contributed by atoms with Crippen molar-refractivity contribution in [3.05, 3.63) is 118 Å². The number of methoxy groups -OCH3 is 1. The maximum atomic E-state index is 12.6. The van der Waals surface area contributed by atoms with Crippen molar-refractivity contribution in [2.24, 2.45) is 0 Å². The van der Waals surface area contributed by atoms with Crippen molar-refractivity contribution >= 4 is 82.3 Å². The number of aliphatic carboxylic acids is 1.